The van der Waals surface area contributed by atoms with Crippen molar-refractivity contribution < 1.29 is 14.6 Å². The van der Waals surface area contributed by atoms with Crippen LogP contribution in [0.25, 0.3) is 0 Å². The van der Waals surface area contributed by atoms with E-state index < -0.39 is 0 Å². The summed E-state index contributed by atoms with van der Waals surface area (Å²) >= 11 is 0. The second-order valence-corrected chi connectivity index (χ2v) is 4.16. The summed E-state index contributed by atoms with van der Waals surface area (Å²) in [6, 6.07) is 6.22. The Kier molecular flexibility index (Phi) is 4.14. The molecule has 1 amide bonds. The fourth-order valence-electron chi connectivity index (χ4n) is 1.71. The summed E-state index contributed by atoms with van der Waals surface area (Å²) in [5, 5.41) is 12.4. The molecule has 0 saturated carbocycles. The molecule has 6 nitrogen and oxygen atoms in total. The molecule has 0 atom stereocenters. The monoisotopic (exact) mass is 273 g/mol. The van der Waals surface area contributed by atoms with Crippen LogP contribution in [0.15, 0.2) is 30.5 Å². The molecule has 20 heavy (non-hydrogen) atoms. The van der Waals surface area contributed by atoms with Gasteiger partial charge in [-0.15, -0.1) is 0 Å². The van der Waals surface area contributed by atoms with Crippen LogP contribution in [0.5, 0.6) is 11.5 Å². The van der Waals surface area contributed by atoms with Gasteiger partial charge in [-0.2, -0.15) is 0 Å². The molecular formula is C14H15N3O3. The Morgan fingerprint density at radius 1 is 1.40 bits per heavy atom. The van der Waals surface area contributed by atoms with Crippen molar-refractivity contribution in [2.24, 2.45) is 0 Å². The number of phenols is 1. The summed E-state index contributed by atoms with van der Waals surface area (Å²) < 4.78 is 4.92. The first kappa shape index (κ1) is 13.8. The van der Waals surface area contributed by atoms with Crippen LogP contribution in [0.2, 0.25) is 0 Å². The molecule has 1 aromatic heterocycles. The largest absolute Gasteiger partial charge is 0.504 e. The van der Waals surface area contributed by atoms with Crippen molar-refractivity contribution in [2.45, 2.75) is 13.5 Å². The van der Waals surface area contributed by atoms with Gasteiger partial charge >= 0.3 is 0 Å². The Hall–Kier alpha value is -2.63. The van der Waals surface area contributed by atoms with Crippen LogP contribution in [-0.2, 0) is 6.54 Å². The van der Waals surface area contributed by atoms with Gasteiger partial charge in [-0.3, -0.25) is 4.79 Å². The summed E-state index contributed by atoms with van der Waals surface area (Å²) in [4.78, 5) is 20.1. The van der Waals surface area contributed by atoms with Crippen LogP contribution in [0.4, 0.5) is 0 Å². The number of aromatic nitrogens is 2. The number of methoxy groups -OCH3 is 1. The number of benzene rings is 1. The van der Waals surface area contributed by atoms with Gasteiger partial charge in [0, 0.05) is 11.8 Å². The van der Waals surface area contributed by atoms with E-state index >= 15 is 0 Å². The molecule has 0 unspecified atom stereocenters. The first-order chi connectivity index (χ1) is 9.60. The van der Waals surface area contributed by atoms with Crippen LogP contribution in [-0.4, -0.2) is 28.1 Å². The van der Waals surface area contributed by atoms with E-state index in [4.69, 9.17) is 4.74 Å². The third-order valence-electron chi connectivity index (χ3n) is 2.70. The lowest BCUT2D eigenvalue weighted by Gasteiger charge is -2.07. The minimum Gasteiger partial charge on any atom is -0.504 e. The van der Waals surface area contributed by atoms with Crippen LogP contribution in [0, 0.1) is 6.92 Å². The number of nitrogens with zero attached hydrogens (tertiary/aromatic N) is 2. The fraction of sp³-hybridized carbons (Fsp3) is 0.214. The summed E-state index contributed by atoms with van der Waals surface area (Å²) in [6.45, 7) is 2.09. The van der Waals surface area contributed by atoms with Crippen molar-refractivity contribution >= 4 is 5.91 Å². The van der Waals surface area contributed by atoms with E-state index in [2.05, 4.69) is 15.3 Å². The molecule has 6 heteroatoms. The number of hydrogen-bond donors (Lipinski definition) is 2. The zero-order chi connectivity index (χ0) is 14.5. The molecule has 0 spiro atoms. The summed E-state index contributed by atoms with van der Waals surface area (Å²) in [5.74, 6) is 0.615. The molecule has 0 radical (unpaired) electrons. The molecule has 0 bridgehead atoms. The highest BCUT2D eigenvalue weighted by atomic mass is 16.5. The summed E-state index contributed by atoms with van der Waals surface area (Å²) in [6.07, 6.45) is 1.64. The Labute approximate surface area is 116 Å². The lowest BCUT2D eigenvalue weighted by atomic mass is 10.2. The van der Waals surface area contributed by atoms with Gasteiger partial charge in [-0.1, -0.05) is 0 Å². The Bertz CT molecular complexity index is 629. The number of nitrogens with one attached hydrogen (secondary N) is 1. The Balaban J connectivity index is 2.03. The summed E-state index contributed by atoms with van der Waals surface area (Å²) in [7, 11) is 1.45. The minimum absolute atomic E-state index is 0.0713. The lowest BCUT2D eigenvalue weighted by molar-refractivity contribution is 0.0950. The highest BCUT2D eigenvalue weighted by molar-refractivity contribution is 5.94. The number of aryl methyl sites for hydroxylation is 1. The number of ether oxygens (including phenoxy) is 1. The van der Waals surface area contributed by atoms with Gasteiger partial charge in [0.1, 0.15) is 5.82 Å². The topological polar surface area (TPSA) is 84.3 Å². The van der Waals surface area contributed by atoms with Gasteiger partial charge in [0.15, 0.2) is 11.5 Å². The van der Waals surface area contributed by atoms with E-state index in [0.29, 0.717) is 23.7 Å². The number of aromatic hydroxyl groups is 1. The number of phenolic OH excluding ortho intramolecular Hbond substituents is 1. The number of carbonyl (C=O) groups excluding carboxylic acids is 1. The van der Waals surface area contributed by atoms with E-state index in [1.165, 1.54) is 13.2 Å². The maximum Gasteiger partial charge on any atom is 0.251 e. The molecule has 1 heterocycles. The van der Waals surface area contributed by atoms with Gasteiger partial charge in [-0.05, 0) is 31.2 Å². The Morgan fingerprint density at radius 2 is 2.20 bits per heavy atom. The molecule has 0 fully saturated rings. The number of amides is 1. The van der Waals surface area contributed by atoms with Crippen molar-refractivity contribution in [1.82, 2.24) is 15.3 Å². The molecule has 0 saturated heterocycles. The van der Waals surface area contributed by atoms with Crippen LogP contribution in [0.3, 0.4) is 0 Å². The van der Waals surface area contributed by atoms with Crippen molar-refractivity contribution in [3.05, 3.63) is 47.5 Å². The van der Waals surface area contributed by atoms with E-state index in [1.807, 2.05) is 0 Å². The van der Waals surface area contributed by atoms with E-state index in [9.17, 15) is 9.90 Å². The first-order valence-electron chi connectivity index (χ1n) is 6.04. The standard InChI is InChI=1S/C14H15N3O3/c1-9-15-6-5-11(17-9)8-16-14(19)10-3-4-13(20-2)12(18)7-10/h3-7,18H,8H2,1-2H3,(H,16,19). The number of rotatable bonds is 4. The van der Waals surface area contributed by atoms with Gasteiger partial charge in [0.25, 0.3) is 5.91 Å². The molecular weight excluding hydrogens is 258 g/mol. The van der Waals surface area contributed by atoms with Gasteiger partial charge < -0.3 is 15.2 Å². The second-order valence-electron chi connectivity index (χ2n) is 4.16. The lowest BCUT2D eigenvalue weighted by Crippen LogP contribution is -2.23. The van der Waals surface area contributed by atoms with E-state index in [1.54, 1.807) is 31.3 Å². The third kappa shape index (κ3) is 3.23. The van der Waals surface area contributed by atoms with E-state index in [0.717, 1.165) is 5.69 Å². The third-order valence-corrected chi connectivity index (χ3v) is 2.70. The zero-order valence-electron chi connectivity index (χ0n) is 11.3. The molecule has 1 aromatic carbocycles. The zero-order valence-corrected chi connectivity index (χ0v) is 11.3. The number of carbonyl (C=O) groups is 1. The first-order valence-corrected chi connectivity index (χ1v) is 6.04. The molecule has 2 aromatic rings. The maximum absolute atomic E-state index is 11.9. The van der Waals surface area contributed by atoms with Crippen LogP contribution in [0.1, 0.15) is 21.9 Å². The Morgan fingerprint density at radius 3 is 2.85 bits per heavy atom. The smallest absolute Gasteiger partial charge is 0.251 e. The molecule has 104 valence electrons. The van der Waals surface area contributed by atoms with Crippen LogP contribution >= 0.6 is 0 Å². The average Bonchev–Trinajstić information content (AvgIpc) is 2.44. The maximum atomic E-state index is 11.9. The predicted molar refractivity (Wildman–Crippen MR) is 72.6 cm³/mol. The van der Waals surface area contributed by atoms with Gasteiger partial charge in [0.05, 0.1) is 19.3 Å². The van der Waals surface area contributed by atoms with Gasteiger partial charge in [-0.25, -0.2) is 9.97 Å². The average molecular weight is 273 g/mol. The molecule has 2 N–H and O–H groups in total. The van der Waals surface area contributed by atoms with Crippen LogP contribution < -0.4 is 10.1 Å². The molecule has 0 aliphatic heterocycles. The molecule has 2 rings (SSSR count). The van der Waals surface area contributed by atoms with Crippen molar-refractivity contribution in [1.29, 1.82) is 0 Å². The highest BCUT2D eigenvalue weighted by Gasteiger charge is 2.09. The highest BCUT2D eigenvalue weighted by Crippen LogP contribution is 2.26. The molecule has 0 aliphatic rings. The quantitative estimate of drug-likeness (QED) is 0.880. The van der Waals surface area contributed by atoms with E-state index in [-0.39, 0.29) is 11.7 Å². The predicted octanol–water partition coefficient (Wildman–Crippen LogP) is 1.43. The van der Waals surface area contributed by atoms with Crippen molar-refractivity contribution in [3.8, 4) is 11.5 Å². The molecule has 0 aliphatic carbocycles. The second kappa shape index (κ2) is 6.01. The van der Waals surface area contributed by atoms with Crippen molar-refractivity contribution in [2.75, 3.05) is 7.11 Å². The minimum atomic E-state index is -0.292. The SMILES string of the molecule is COc1ccc(C(=O)NCc2ccnc(C)n2)cc1O. The number of hydrogen-bond acceptors (Lipinski definition) is 5. The van der Waals surface area contributed by atoms with Gasteiger partial charge in [0.2, 0.25) is 0 Å². The fourth-order valence-corrected chi connectivity index (χ4v) is 1.71. The normalized spacial score (nSPS) is 10.1. The summed E-state index contributed by atoms with van der Waals surface area (Å²) in [5.41, 5.74) is 1.08. The van der Waals surface area contributed by atoms with Crippen molar-refractivity contribution in [3.63, 3.8) is 0 Å².